The van der Waals surface area contributed by atoms with Crippen LogP contribution in [0.5, 0.6) is 5.88 Å². The van der Waals surface area contributed by atoms with Crippen molar-refractivity contribution in [2.75, 3.05) is 26.2 Å². The molecule has 7 heteroatoms. The third-order valence-electron chi connectivity index (χ3n) is 5.43. The Labute approximate surface area is 152 Å². The molecule has 1 aliphatic carbocycles. The van der Waals surface area contributed by atoms with Gasteiger partial charge in [-0.3, -0.25) is 0 Å². The fourth-order valence-corrected chi connectivity index (χ4v) is 3.96. The highest BCUT2D eigenvalue weighted by Gasteiger charge is 2.29. The van der Waals surface area contributed by atoms with E-state index in [-0.39, 0.29) is 12.0 Å². The minimum absolute atomic E-state index is 0.0248. The molecule has 3 rings (SSSR count). The van der Waals surface area contributed by atoms with Gasteiger partial charge in [0.2, 0.25) is 5.88 Å². The molecule has 2 aliphatic rings. The number of fused-ring (bicyclic) bond motifs is 1. The fourth-order valence-electron chi connectivity index (χ4n) is 3.96. The van der Waals surface area contributed by atoms with Gasteiger partial charge in [-0.2, -0.15) is 13.2 Å². The minimum atomic E-state index is -4.36. The van der Waals surface area contributed by atoms with Gasteiger partial charge < -0.3 is 14.7 Å². The van der Waals surface area contributed by atoms with Crippen molar-refractivity contribution in [2.45, 2.75) is 57.2 Å². The second-order valence-electron chi connectivity index (χ2n) is 7.43. The zero-order valence-electron chi connectivity index (χ0n) is 15.0. The lowest BCUT2D eigenvalue weighted by molar-refractivity contribution is -0.154. The lowest BCUT2D eigenvalue weighted by Gasteiger charge is -2.30. The van der Waals surface area contributed by atoms with Crippen molar-refractivity contribution in [3.8, 4) is 5.88 Å². The van der Waals surface area contributed by atoms with Crippen LogP contribution in [0, 0.1) is 5.92 Å². The summed E-state index contributed by atoms with van der Waals surface area (Å²) in [6, 6.07) is 3.33. The van der Waals surface area contributed by atoms with E-state index in [9.17, 15) is 18.3 Å². The van der Waals surface area contributed by atoms with Crippen LogP contribution in [0.15, 0.2) is 12.1 Å². The zero-order valence-corrected chi connectivity index (χ0v) is 15.0. The first-order valence-electron chi connectivity index (χ1n) is 9.49. The van der Waals surface area contributed by atoms with Crippen molar-refractivity contribution in [2.24, 2.45) is 5.92 Å². The monoisotopic (exact) mass is 372 g/mol. The van der Waals surface area contributed by atoms with E-state index in [2.05, 4.69) is 9.88 Å². The number of hydrogen-bond donors (Lipinski definition) is 1. The molecule has 1 N–H and O–H groups in total. The van der Waals surface area contributed by atoms with Gasteiger partial charge in [0.1, 0.15) is 0 Å². The molecule has 1 aliphatic heterocycles. The normalized spacial score (nSPS) is 21.1. The van der Waals surface area contributed by atoms with E-state index < -0.39 is 12.8 Å². The van der Waals surface area contributed by atoms with E-state index in [1.54, 1.807) is 0 Å². The fraction of sp³-hybridized carbons (Fsp3) is 0.737. The number of aliphatic hydroxyl groups is 1. The summed E-state index contributed by atoms with van der Waals surface area (Å²) in [6.07, 6.45) is 2.70. The maximum atomic E-state index is 12.3. The van der Waals surface area contributed by atoms with Gasteiger partial charge in [0, 0.05) is 37.8 Å². The first-order chi connectivity index (χ1) is 12.4. The maximum Gasteiger partial charge on any atom is 0.422 e. The molecular weight excluding hydrogens is 345 g/mol. The smallest absolute Gasteiger partial charge is 0.422 e. The van der Waals surface area contributed by atoms with Crippen LogP contribution in [0.4, 0.5) is 13.2 Å². The molecule has 0 spiro atoms. The number of alkyl halides is 3. The average Bonchev–Trinajstić information content (AvgIpc) is 2.82. The van der Waals surface area contributed by atoms with E-state index in [0.717, 1.165) is 43.6 Å². The minimum Gasteiger partial charge on any atom is -0.468 e. The van der Waals surface area contributed by atoms with Gasteiger partial charge in [-0.1, -0.05) is 25.3 Å². The molecule has 26 heavy (non-hydrogen) atoms. The van der Waals surface area contributed by atoms with Crippen LogP contribution in [0.2, 0.25) is 0 Å². The lowest BCUT2D eigenvalue weighted by Crippen LogP contribution is -2.38. The van der Waals surface area contributed by atoms with Crippen LogP contribution in [0.3, 0.4) is 0 Å². The number of β-amino-alcohol motifs (C(OH)–C–C–N with tert-alkyl or cyclic N) is 1. The Morgan fingerprint density at radius 2 is 1.88 bits per heavy atom. The summed E-state index contributed by atoms with van der Waals surface area (Å²) >= 11 is 0. The Balaban J connectivity index is 1.54. The maximum absolute atomic E-state index is 12.3. The van der Waals surface area contributed by atoms with Crippen molar-refractivity contribution >= 4 is 0 Å². The predicted octanol–water partition coefficient (Wildman–Crippen LogP) is 3.36. The average molecular weight is 372 g/mol. The highest BCUT2D eigenvalue weighted by molar-refractivity contribution is 5.27. The molecule has 4 nitrogen and oxygen atoms in total. The number of hydrogen-bond acceptors (Lipinski definition) is 4. The second-order valence-corrected chi connectivity index (χ2v) is 7.43. The molecule has 0 bridgehead atoms. The number of aromatic nitrogens is 1. The molecule has 0 aromatic carbocycles. The number of pyridine rings is 1. The molecular formula is C19H27F3N2O2. The van der Waals surface area contributed by atoms with Crippen molar-refractivity contribution < 1.29 is 23.0 Å². The molecule has 1 fully saturated rings. The van der Waals surface area contributed by atoms with Crippen LogP contribution < -0.4 is 4.74 Å². The third kappa shape index (κ3) is 5.58. The van der Waals surface area contributed by atoms with Gasteiger partial charge in [0.25, 0.3) is 0 Å². The third-order valence-corrected chi connectivity index (χ3v) is 5.43. The topological polar surface area (TPSA) is 45.6 Å². The van der Waals surface area contributed by atoms with E-state index in [0.29, 0.717) is 18.9 Å². The molecule has 1 saturated carbocycles. The van der Waals surface area contributed by atoms with Gasteiger partial charge in [0.05, 0.1) is 6.10 Å². The molecule has 0 unspecified atom stereocenters. The predicted molar refractivity (Wildman–Crippen MR) is 92.2 cm³/mol. The number of rotatable bonds is 5. The summed E-state index contributed by atoms with van der Waals surface area (Å²) in [5, 5.41) is 10.5. The number of nitrogens with zero attached hydrogens (tertiary/aromatic N) is 2. The van der Waals surface area contributed by atoms with Crippen LogP contribution in [0.25, 0.3) is 0 Å². The lowest BCUT2D eigenvalue weighted by atomic mass is 9.85. The van der Waals surface area contributed by atoms with Gasteiger partial charge in [-0.25, -0.2) is 4.98 Å². The molecule has 0 amide bonds. The highest BCUT2D eigenvalue weighted by atomic mass is 19.4. The quantitative estimate of drug-likeness (QED) is 0.861. The zero-order chi connectivity index (χ0) is 18.6. The Kier molecular flexibility index (Phi) is 6.40. The van der Waals surface area contributed by atoms with E-state index in [1.807, 2.05) is 6.07 Å². The van der Waals surface area contributed by atoms with Gasteiger partial charge in [-0.05, 0) is 30.7 Å². The van der Waals surface area contributed by atoms with Crippen LogP contribution in [-0.4, -0.2) is 53.5 Å². The van der Waals surface area contributed by atoms with Crippen LogP contribution in [-0.2, 0) is 12.8 Å². The van der Waals surface area contributed by atoms with E-state index >= 15 is 0 Å². The molecule has 0 saturated heterocycles. The number of ether oxygens (including phenoxy) is 1. The summed E-state index contributed by atoms with van der Waals surface area (Å²) in [5.74, 6) is 0.423. The Morgan fingerprint density at radius 3 is 2.62 bits per heavy atom. The summed E-state index contributed by atoms with van der Waals surface area (Å²) in [5.41, 5.74) is 1.86. The van der Waals surface area contributed by atoms with Gasteiger partial charge >= 0.3 is 6.18 Å². The van der Waals surface area contributed by atoms with Crippen LogP contribution >= 0.6 is 0 Å². The first kappa shape index (κ1) is 19.4. The molecule has 2 heterocycles. The second kappa shape index (κ2) is 8.57. The standard InChI is InChI=1S/C19H27F3N2O2/c20-19(21,22)13-26-18-7-6-14-8-10-24(11-9-16(14)23-18)12-17(25)15-4-2-1-3-5-15/h6-7,15,17,25H,1-5,8-13H2/t17-/m0/s1. The summed E-state index contributed by atoms with van der Waals surface area (Å²) in [7, 11) is 0. The first-order valence-corrected chi connectivity index (χ1v) is 9.49. The van der Waals surface area contributed by atoms with Crippen molar-refractivity contribution in [1.82, 2.24) is 9.88 Å². The Hall–Kier alpha value is -1.34. The number of halogens is 3. The van der Waals surface area contributed by atoms with Crippen LogP contribution in [0.1, 0.15) is 43.4 Å². The van der Waals surface area contributed by atoms with Gasteiger partial charge in [-0.15, -0.1) is 0 Å². The summed E-state index contributed by atoms with van der Waals surface area (Å²) in [4.78, 5) is 6.52. The molecule has 1 aromatic rings. The van der Waals surface area contributed by atoms with Crippen molar-refractivity contribution in [1.29, 1.82) is 0 Å². The molecule has 146 valence electrons. The van der Waals surface area contributed by atoms with Crippen molar-refractivity contribution in [3.63, 3.8) is 0 Å². The molecule has 0 radical (unpaired) electrons. The SMILES string of the molecule is O[C@@H](CN1CCc2ccc(OCC(F)(F)F)nc2CC1)C1CCCCC1. The van der Waals surface area contributed by atoms with Crippen molar-refractivity contribution in [3.05, 3.63) is 23.4 Å². The molecule has 1 aromatic heterocycles. The Bertz CT molecular complexity index is 589. The Morgan fingerprint density at radius 1 is 1.15 bits per heavy atom. The number of aliphatic hydroxyl groups excluding tert-OH is 1. The van der Waals surface area contributed by atoms with E-state index in [1.165, 1.54) is 25.3 Å². The van der Waals surface area contributed by atoms with Gasteiger partial charge in [0.15, 0.2) is 6.61 Å². The summed E-state index contributed by atoms with van der Waals surface area (Å²) in [6.45, 7) is 0.933. The molecule has 1 atom stereocenters. The highest BCUT2D eigenvalue weighted by Crippen LogP contribution is 2.27. The largest absolute Gasteiger partial charge is 0.468 e. The summed E-state index contributed by atoms with van der Waals surface area (Å²) < 4.78 is 41.6. The van der Waals surface area contributed by atoms with E-state index in [4.69, 9.17) is 4.74 Å².